The van der Waals surface area contributed by atoms with E-state index in [-0.39, 0.29) is 5.97 Å². The minimum Gasteiger partial charge on any atom is -0.469 e. The van der Waals surface area contributed by atoms with E-state index in [1.165, 1.54) is 68.3 Å². The molecule has 0 aliphatic rings. The largest absolute Gasteiger partial charge is 0.469 e. The number of ether oxygens (including phenoxy) is 1. The zero-order valence-corrected chi connectivity index (χ0v) is 16.2. The van der Waals surface area contributed by atoms with E-state index >= 15 is 0 Å². The molecule has 0 atom stereocenters. The zero-order chi connectivity index (χ0) is 17.8. The molecule has 0 fully saturated rings. The van der Waals surface area contributed by atoms with E-state index in [0.717, 1.165) is 32.1 Å². The first kappa shape index (κ1) is 20.8. The van der Waals surface area contributed by atoms with Gasteiger partial charge >= 0.3 is 5.97 Å². The Balaban J connectivity index is 2.04. The van der Waals surface area contributed by atoms with E-state index < -0.39 is 0 Å². The molecule has 0 aliphatic heterocycles. The zero-order valence-electron chi connectivity index (χ0n) is 16.2. The van der Waals surface area contributed by atoms with E-state index in [0.29, 0.717) is 6.42 Å². The Morgan fingerprint density at radius 2 is 1.33 bits per heavy atom. The van der Waals surface area contributed by atoms with E-state index in [9.17, 15) is 4.79 Å². The van der Waals surface area contributed by atoms with Crippen molar-refractivity contribution in [1.29, 1.82) is 0 Å². The standard InChI is InChI=1S/C21H36O3/c1-5-14-19-17(2)18(3)20(24-19)15-12-10-8-6-7-9-11-13-16-21(22)23-4/h5-16H2,1-4H3. The number of hydrogen-bond donors (Lipinski definition) is 0. The van der Waals surface area contributed by atoms with Crippen LogP contribution in [0.15, 0.2) is 4.42 Å². The number of furan rings is 1. The lowest BCUT2D eigenvalue weighted by molar-refractivity contribution is -0.140. The third kappa shape index (κ3) is 7.55. The molecule has 0 saturated carbocycles. The van der Waals surface area contributed by atoms with Gasteiger partial charge in [0.15, 0.2) is 0 Å². The van der Waals surface area contributed by atoms with Crippen LogP contribution >= 0.6 is 0 Å². The molecule has 3 nitrogen and oxygen atoms in total. The molecule has 1 rings (SSSR count). The molecule has 0 spiro atoms. The quantitative estimate of drug-likeness (QED) is 0.324. The third-order valence-corrected chi connectivity index (χ3v) is 4.88. The van der Waals surface area contributed by atoms with Gasteiger partial charge in [0.05, 0.1) is 7.11 Å². The van der Waals surface area contributed by atoms with Crippen molar-refractivity contribution >= 4 is 5.97 Å². The highest BCUT2D eigenvalue weighted by molar-refractivity contribution is 5.68. The maximum atomic E-state index is 11.0. The fourth-order valence-electron chi connectivity index (χ4n) is 3.14. The number of aryl methyl sites for hydroxylation is 2. The summed E-state index contributed by atoms with van der Waals surface area (Å²) in [5.74, 6) is 2.32. The Morgan fingerprint density at radius 1 is 0.833 bits per heavy atom. The second kappa shape index (κ2) is 12.2. The number of carbonyl (C=O) groups is 1. The van der Waals surface area contributed by atoms with Gasteiger partial charge in [0.2, 0.25) is 0 Å². The van der Waals surface area contributed by atoms with Crippen molar-refractivity contribution in [3.8, 4) is 0 Å². The van der Waals surface area contributed by atoms with Crippen molar-refractivity contribution in [3.63, 3.8) is 0 Å². The van der Waals surface area contributed by atoms with Crippen LogP contribution < -0.4 is 0 Å². The molecule has 3 heteroatoms. The van der Waals surface area contributed by atoms with Crippen LogP contribution in [0.4, 0.5) is 0 Å². The molecule has 0 radical (unpaired) electrons. The van der Waals surface area contributed by atoms with Gasteiger partial charge in [-0.1, -0.05) is 45.4 Å². The van der Waals surface area contributed by atoms with Crippen LogP contribution in [-0.2, 0) is 22.4 Å². The molecule has 138 valence electrons. The smallest absolute Gasteiger partial charge is 0.305 e. The molecule has 0 unspecified atom stereocenters. The molecule has 0 aliphatic carbocycles. The van der Waals surface area contributed by atoms with Gasteiger partial charge in [-0.2, -0.15) is 0 Å². The predicted octanol–water partition coefficient (Wildman–Crippen LogP) is 6.08. The topological polar surface area (TPSA) is 39.4 Å². The number of methoxy groups -OCH3 is 1. The highest BCUT2D eigenvalue weighted by Crippen LogP contribution is 2.24. The first-order valence-electron chi connectivity index (χ1n) is 9.74. The van der Waals surface area contributed by atoms with Crippen molar-refractivity contribution in [2.45, 2.75) is 97.8 Å². The van der Waals surface area contributed by atoms with Gasteiger partial charge in [-0.25, -0.2) is 0 Å². The third-order valence-electron chi connectivity index (χ3n) is 4.88. The summed E-state index contributed by atoms with van der Waals surface area (Å²) in [6.07, 6.45) is 13.6. The fraction of sp³-hybridized carbons (Fsp3) is 0.762. The van der Waals surface area contributed by atoms with E-state index in [1.807, 2.05) is 0 Å². The van der Waals surface area contributed by atoms with Crippen LogP contribution in [0.5, 0.6) is 0 Å². The molecular formula is C21H36O3. The van der Waals surface area contributed by atoms with Gasteiger partial charge in [0.1, 0.15) is 11.5 Å². The minimum atomic E-state index is -0.0828. The lowest BCUT2D eigenvalue weighted by Crippen LogP contribution is -1.99. The lowest BCUT2D eigenvalue weighted by atomic mass is 10.0. The number of rotatable bonds is 13. The first-order valence-corrected chi connectivity index (χ1v) is 9.74. The van der Waals surface area contributed by atoms with Crippen molar-refractivity contribution in [1.82, 2.24) is 0 Å². The number of esters is 1. The van der Waals surface area contributed by atoms with Crippen molar-refractivity contribution < 1.29 is 13.9 Å². The highest BCUT2D eigenvalue weighted by Gasteiger charge is 2.12. The molecule has 24 heavy (non-hydrogen) atoms. The summed E-state index contributed by atoms with van der Waals surface area (Å²) in [6, 6.07) is 0. The predicted molar refractivity (Wildman–Crippen MR) is 99.5 cm³/mol. The first-order chi connectivity index (χ1) is 11.6. The van der Waals surface area contributed by atoms with Crippen LogP contribution in [0.25, 0.3) is 0 Å². The van der Waals surface area contributed by atoms with Gasteiger partial charge in [-0.15, -0.1) is 0 Å². The second-order valence-electron chi connectivity index (χ2n) is 6.85. The molecular weight excluding hydrogens is 300 g/mol. The normalized spacial score (nSPS) is 11.0. The summed E-state index contributed by atoms with van der Waals surface area (Å²) in [5, 5.41) is 0. The fourth-order valence-corrected chi connectivity index (χ4v) is 3.14. The molecule has 0 saturated heterocycles. The van der Waals surface area contributed by atoms with Crippen molar-refractivity contribution in [3.05, 3.63) is 22.6 Å². The monoisotopic (exact) mass is 336 g/mol. The highest BCUT2D eigenvalue weighted by atomic mass is 16.5. The number of unbranched alkanes of at least 4 members (excludes halogenated alkanes) is 7. The maximum absolute atomic E-state index is 11.0. The summed E-state index contributed by atoms with van der Waals surface area (Å²) < 4.78 is 10.7. The van der Waals surface area contributed by atoms with Crippen LogP contribution in [0.2, 0.25) is 0 Å². The summed E-state index contributed by atoms with van der Waals surface area (Å²) in [6.45, 7) is 6.58. The summed E-state index contributed by atoms with van der Waals surface area (Å²) in [7, 11) is 1.46. The molecule has 1 heterocycles. The molecule has 0 amide bonds. The van der Waals surface area contributed by atoms with Crippen LogP contribution in [-0.4, -0.2) is 13.1 Å². The van der Waals surface area contributed by atoms with E-state index in [1.54, 1.807) is 0 Å². The van der Waals surface area contributed by atoms with Gasteiger partial charge in [-0.05, 0) is 44.2 Å². The molecule has 0 bridgehead atoms. The minimum absolute atomic E-state index is 0.0828. The summed E-state index contributed by atoms with van der Waals surface area (Å²) >= 11 is 0. The van der Waals surface area contributed by atoms with Crippen LogP contribution in [0.3, 0.4) is 0 Å². The van der Waals surface area contributed by atoms with Gasteiger partial charge in [0.25, 0.3) is 0 Å². The van der Waals surface area contributed by atoms with Crippen LogP contribution in [0.1, 0.15) is 93.8 Å². The molecule has 0 N–H and O–H groups in total. The molecule has 1 aromatic rings. The van der Waals surface area contributed by atoms with Gasteiger partial charge in [0, 0.05) is 19.3 Å². The maximum Gasteiger partial charge on any atom is 0.305 e. The lowest BCUT2D eigenvalue weighted by Gasteiger charge is -2.02. The summed E-state index contributed by atoms with van der Waals surface area (Å²) in [4.78, 5) is 11.0. The van der Waals surface area contributed by atoms with E-state index in [2.05, 4.69) is 25.5 Å². The average molecular weight is 337 g/mol. The number of hydrogen-bond acceptors (Lipinski definition) is 3. The molecule has 0 aromatic carbocycles. The Bertz CT molecular complexity index is 474. The van der Waals surface area contributed by atoms with Crippen molar-refractivity contribution in [2.75, 3.05) is 7.11 Å². The van der Waals surface area contributed by atoms with Gasteiger partial charge < -0.3 is 9.15 Å². The SMILES string of the molecule is CCCc1oc(CCCCCCCCCCC(=O)OC)c(C)c1C. The Kier molecular flexibility index (Phi) is 10.5. The van der Waals surface area contributed by atoms with Crippen LogP contribution in [0, 0.1) is 13.8 Å². The van der Waals surface area contributed by atoms with E-state index in [4.69, 9.17) is 4.42 Å². The molecule has 1 aromatic heterocycles. The second-order valence-corrected chi connectivity index (χ2v) is 6.85. The van der Waals surface area contributed by atoms with Crippen molar-refractivity contribution in [2.24, 2.45) is 0 Å². The number of carbonyl (C=O) groups excluding carboxylic acids is 1. The Morgan fingerprint density at radius 3 is 1.88 bits per heavy atom. The Hall–Kier alpha value is -1.25. The van der Waals surface area contributed by atoms with Gasteiger partial charge in [-0.3, -0.25) is 4.79 Å². The summed E-state index contributed by atoms with van der Waals surface area (Å²) in [5.41, 5.74) is 2.72. The average Bonchev–Trinajstić information content (AvgIpc) is 2.84. The Labute approximate surface area is 148 Å².